The highest BCUT2D eigenvalue weighted by Crippen LogP contribution is 2.54. The monoisotopic (exact) mass is 466 g/mol. The second kappa shape index (κ2) is 8.65. The van der Waals surface area contributed by atoms with Crippen LogP contribution in [0.15, 0.2) is 42.5 Å². The van der Waals surface area contributed by atoms with Crippen LogP contribution in [0.3, 0.4) is 0 Å². The summed E-state index contributed by atoms with van der Waals surface area (Å²) in [4.78, 5) is 47.6. The summed E-state index contributed by atoms with van der Waals surface area (Å²) in [6.45, 7) is 0. The molecule has 3 rings (SSSR count). The van der Waals surface area contributed by atoms with Crippen LogP contribution in [0.2, 0.25) is 0 Å². The Bertz CT molecular complexity index is 990. The largest absolute Gasteiger partial charge is 0.479 e. The molecule has 0 radical (unpaired) electrons. The second-order valence-electron chi connectivity index (χ2n) is 7.81. The number of hydrogen-bond donors (Lipinski definition) is 6. The van der Waals surface area contributed by atoms with Crippen molar-refractivity contribution in [3.63, 3.8) is 0 Å². The van der Waals surface area contributed by atoms with Crippen LogP contribution in [0.4, 0.5) is 0 Å². The molecule has 178 valence electrons. The third-order valence-corrected chi connectivity index (χ3v) is 5.84. The fourth-order valence-electron chi connectivity index (χ4n) is 4.13. The minimum absolute atomic E-state index is 0.107. The van der Waals surface area contributed by atoms with E-state index in [1.807, 2.05) is 30.3 Å². The van der Waals surface area contributed by atoms with Crippen LogP contribution in [0.25, 0.3) is 0 Å². The van der Waals surface area contributed by atoms with Crippen LogP contribution in [0.5, 0.6) is 0 Å². The lowest BCUT2D eigenvalue weighted by molar-refractivity contribution is -0.371. The predicted molar refractivity (Wildman–Crippen MR) is 105 cm³/mol. The predicted octanol–water partition coefficient (Wildman–Crippen LogP) is -1.29. The van der Waals surface area contributed by atoms with Gasteiger partial charge >= 0.3 is 17.9 Å². The number of ether oxygens (including phenoxy) is 2. The van der Waals surface area contributed by atoms with E-state index in [0.717, 1.165) is 17.7 Å². The average Bonchev–Trinajstić information content (AvgIpc) is 2.96. The first-order valence-corrected chi connectivity index (χ1v) is 9.82. The molecule has 1 aromatic carbocycles. The molecular formula is C21H22O12. The average molecular weight is 466 g/mol. The van der Waals surface area contributed by atoms with Gasteiger partial charge in [-0.15, -0.1) is 0 Å². The van der Waals surface area contributed by atoms with Crippen LogP contribution in [0, 0.1) is 0 Å². The summed E-state index contributed by atoms with van der Waals surface area (Å²) >= 11 is 0. The molecular weight excluding hydrogens is 444 g/mol. The maximum absolute atomic E-state index is 12.2. The van der Waals surface area contributed by atoms with E-state index in [9.17, 15) is 49.8 Å². The molecule has 6 unspecified atom stereocenters. The van der Waals surface area contributed by atoms with E-state index in [2.05, 4.69) is 0 Å². The minimum atomic E-state index is -3.79. The van der Waals surface area contributed by atoms with Crippen molar-refractivity contribution in [1.82, 2.24) is 0 Å². The van der Waals surface area contributed by atoms with Crippen LogP contribution in [0.1, 0.15) is 18.4 Å². The van der Waals surface area contributed by atoms with Gasteiger partial charge in [-0.2, -0.15) is 0 Å². The van der Waals surface area contributed by atoms with Crippen molar-refractivity contribution in [3.05, 3.63) is 48.0 Å². The van der Waals surface area contributed by atoms with Crippen molar-refractivity contribution >= 4 is 23.7 Å². The number of carbonyl (C=O) groups excluding carboxylic acids is 1. The normalized spacial score (nSPS) is 35.4. The lowest BCUT2D eigenvalue weighted by atomic mass is 9.74. The number of ketones is 1. The topological polar surface area (TPSA) is 208 Å². The summed E-state index contributed by atoms with van der Waals surface area (Å²) < 4.78 is 10.2. The number of carbonyl (C=O) groups is 4. The molecule has 0 saturated carbocycles. The Kier molecular flexibility index (Phi) is 6.42. The van der Waals surface area contributed by atoms with Crippen molar-refractivity contribution in [2.24, 2.45) is 0 Å². The van der Waals surface area contributed by atoms with Gasteiger partial charge in [-0.25, -0.2) is 14.4 Å². The third-order valence-electron chi connectivity index (χ3n) is 5.84. The Morgan fingerprint density at radius 1 is 0.970 bits per heavy atom. The fourth-order valence-corrected chi connectivity index (χ4v) is 4.13. The first-order valence-electron chi connectivity index (χ1n) is 9.82. The number of rotatable bonds is 9. The maximum atomic E-state index is 12.2. The van der Waals surface area contributed by atoms with Crippen molar-refractivity contribution in [1.29, 1.82) is 0 Å². The molecule has 2 heterocycles. The number of aliphatic carboxylic acids is 3. The summed E-state index contributed by atoms with van der Waals surface area (Å²) in [6.07, 6.45) is -5.47. The molecule has 12 nitrogen and oxygen atoms in total. The van der Waals surface area contributed by atoms with E-state index in [1.165, 1.54) is 0 Å². The van der Waals surface area contributed by atoms with E-state index in [-0.39, 0.29) is 12.2 Å². The molecule has 0 spiro atoms. The highest BCUT2D eigenvalue weighted by Gasteiger charge is 2.84. The van der Waals surface area contributed by atoms with Gasteiger partial charge < -0.3 is 40.1 Å². The molecule has 0 aliphatic carbocycles. The van der Waals surface area contributed by atoms with Gasteiger partial charge in [0.25, 0.3) is 0 Å². The lowest BCUT2D eigenvalue weighted by Gasteiger charge is -2.48. The molecule has 33 heavy (non-hydrogen) atoms. The van der Waals surface area contributed by atoms with Crippen molar-refractivity contribution in [2.75, 3.05) is 0 Å². The van der Waals surface area contributed by atoms with Crippen molar-refractivity contribution < 1.29 is 59.3 Å². The van der Waals surface area contributed by atoms with E-state index >= 15 is 0 Å². The quantitative estimate of drug-likeness (QED) is 0.235. The molecule has 2 aliphatic rings. The number of fused-ring (bicyclic) bond motifs is 2. The molecule has 6 atom stereocenters. The molecule has 1 aromatic rings. The first-order chi connectivity index (χ1) is 15.4. The lowest BCUT2D eigenvalue weighted by Crippen LogP contribution is -2.77. The van der Waals surface area contributed by atoms with Crippen LogP contribution < -0.4 is 0 Å². The van der Waals surface area contributed by atoms with Crippen LogP contribution >= 0.6 is 0 Å². The number of hydrogen-bond acceptors (Lipinski definition) is 9. The smallest absolute Gasteiger partial charge is 0.343 e. The number of allylic oxidation sites excluding steroid dienone is 1. The highest BCUT2D eigenvalue weighted by molar-refractivity contribution is 5.97. The summed E-state index contributed by atoms with van der Waals surface area (Å²) in [7, 11) is 0. The molecule has 2 aliphatic heterocycles. The van der Waals surface area contributed by atoms with E-state index < -0.39 is 59.6 Å². The number of aliphatic hydroxyl groups excluding tert-OH is 2. The number of carboxylic acids is 3. The molecule has 2 fully saturated rings. The van der Waals surface area contributed by atoms with E-state index in [1.54, 1.807) is 0 Å². The Morgan fingerprint density at radius 2 is 1.61 bits per heavy atom. The Balaban J connectivity index is 1.87. The van der Waals surface area contributed by atoms with Gasteiger partial charge in [0.15, 0.2) is 5.78 Å². The molecule has 0 aromatic heterocycles. The van der Waals surface area contributed by atoms with Crippen LogP contribution in [-0.2, 0) is 35.1 Å². The Hall–Kier alpha value is -3.16. The van der Waals surface area contributed by atoms with Gasteiger partial charge in [0, 0.05) is 12.8 Å². The van der Waals surface area contributed by atoms with E-state index in [0.29, 0.717) is 6.42 Å². The summed E-state index contributed by atoms with van der Waals surface area (Å²) in [5, 5.41) is 60.1. The van der Waals surface area contributed by atoms with Gasteiger partial charge in [0.05, 0.1) is 0 Å². The number of aliphatic hydroxyl groups is 3. The zero-order chi connectivity index (χ0) is 24.6. The Labute approximate surface area is 186 Å². The van der Waals surface area contributed by atoms with Gasteiger partial charge in [0.2, 0.25) is 23.1 Å². The zero-order valence-corrected chi connectivity index (χ0v) is 17.0. The van der Waals surface area contributed by atoms with Crippen molar-refractivity contribution in [3.8, 4) is 0 Å². The highest BCUT2D eigenvalue weighted by atomic mass is 16.8. The maximum Gasteiger partial charge on any atom is 0.343 e. The molecule has 2 saturated heterocycles. The molecule has 2 bridgehead atoms. The SMILES string of the molecule is O=C(C=CCC12OC(C(=O)O)C(O)(C(=O)O)C(C(=O)O)(O1)C(O)C2O)CCc1ccccc1. The third kappa shape index (κ3) is 3.71. The van der Waals surface area contributed by atoms with Gasteiger partial charge in [-0.3, -0.25) is 4.79 Å². The number of aryl methyl sites for hydroxylation is 1. The summed E-state index contributed by atoms with van der Waals surface area (Å²) in [5.41, 5.74) is -6.35. The van der Waals surface area contributed by atoms with E-state index in [4.69, 9.17) is 9.47 Å². The van der Waals surface area contributed by atoms with Gasteiger partial charge in [-0.05, 0) is 18.1 Å². The number of benzene rings is 1. The second-order valence-corrected chi connectivity index (χ2v) is 7.81. The van der Waals surface area contributed by atoms with Crippen molar-refractivity contribution in [2.45, 2.75) is 54.6 Å². The zero-order valence-electron chi connectivity index (χ0n) is 17.0. The fraction of sp³-hybridized carbons (Fsp3) is 0.429. The summed E-state index contributed by atoms with van der Waals surface area (Å²) in [5.74, 6) is -9.56. The van der Waals surface area contributed by atoms with Gasteiger partial charge in [0.1, 0.15) is 12.2 Å². The van der Waals surface area contributed by atoms with Gasteiger partial charge in [-0.1, -0.05) is 36.4 Å². The number of carboxylic acid groups (broad SMARTS) is 3. The molecule has 12 heteroatoms. The molecule has 6 N–H and O–H groups in total. The first kappa shape index (κ1) is 24.5. The summed E-state index contributed by atoms with van der Waals surface area (Å²) in [6, 6.07) is 9.10. The Morgan fingerprint density at radius 3 is 2.15 bits per heavy atom. The standard InChI is InChI=1S/C21H22O12/c22-12(9-8-11-5-2-1-3-6-11)7-4-10-19-13(23)14(24)21(33-19,18(29)30)20(31,17(27)28)15(32-19)16(25)26/h1-7,13-15,23-24,31H,8-10H2,(H,25,26)(H,27,28)(H,29,30). The molecule has 0 amide bonds. The van der Waals surface area contributed by atoms with Crippen LogP contribution in [-0.4, -0.2) is 89.6 Å². The minimum Gasteiger partial charge on any atom is -0.479 e.